The predicted octanol–water partition coefficient (Wildman–Crippen LogP) is 4.03. The Morgan fingerprint density at radius 1 is 1.00 bits per heavy atom. The van der Waals surface area contributed by atoms with E-state index in [0.29, 0.717) is 17.7 Å². The summed E-state index contributed by atoms with van der Waals surface area (Å²) < 4.78 is 10.4. The summed E-state index contributed by atoms with van der Waals surface area (Å²) in [6, 6.07) is 6.89. The minimum absolute atomic E-state index is 0.162. The highest BCUT2D eigenvalue weighted by molar-refractivity contribution is 5.98. The molecule has 0 aliphatic heterocycles. The topological polar surface area (TPSA) is 52.6 Å². The van der Waals surface area contributed by atoms with E-state index < -0.39 is 0 Å². The number of Topliss-reactive ketones (excluding diaryl/α,β-unsaturated/α-hetero) is 1. The van der Waals surface area contributed by atoms with E-state index in [2.05, 4.69) is 0 Å². The lowest BCUT2D eigenvalue weighted by Crippen LogP contribution is -2.47. The number of carbonyl (C=O) groups is 2. The fraction of sp³-hybridized carbons (Fsp3) is 0.619. The lowest BCUT2D eigenvalue weighted by atomic mass is 9.49. The summed E-state index contributed by atoms with van der Waals surface area (Å²) in [7, 11) is 1.59. The van der Waals surface area contributed by atoms with Crippen molar-refractivity contribution in [1.29, 1.82) is 0 Å². The van der Waals surface area contributed by atoms with Crippen LogP contribution in [0.4, 0.5) is 0 Å². The second-order valence-corrected chi connectivity index (χ2v) is 8.41. The fourth-order valence-corrected chi connectivity index (χ4v) is 5.87. The third-order valence-electron chi connectivity index (χ3n) is 6.46. The molecule has 4 nitrogen and oxygen atoms in total. The second-order valence-electron chi connectivity index (χ2n) is 8.41. The largest absolute Gasteiger partial charge is 0.497 e. The maximum atomic E-state index is 12.4. The molecule has 1 aromatic carbocycles. The molecular formula is C21H26O4. The lowest BCUT2D eigenvalue weighted by Gasteiger charge is -2.56. The number of hydrogen-bond acceptors (Lipinski definition) is 4. The van der Waals surface area contributed by atoms with E-state index in [-0.39, 0.29) is 23.8 Å². The van der Waals surface area contributed by atoms with Gasteiger partial charge in [0.25, 0.3) is 0 Å². The van der Waals surface area contributed by atoms with Crippen molar-refractivity contribution in [3.05, 3.63) is 29.8 Å². The molecule has 0 N–H and O–H groups in total. The Labute approximate surface area is 148 Å². The van der Waals surface area contributed by atoms with Gasteiger partial charge in [-0.15, -0.1) is 0 Å². The average molecular weight is 342 g/mol. The van der Waals surface area contributed by atoms with Gasteiger partial charge in [0.2, 0.25) is 0 Å². The van der Waals surface area contributed by atoms with Gasteiger partial charge in [-0.2, -0.15) is 0 Å². The summed E-state index contributed by atoms with van der Waals surface area (Å²) in [4.78, 5) is 24.6. The molecule has 4 fully saturated rings. The Hall–Kier alpha value is -1.84. The molecule has 4 aliphatic rings. The molecule has 0 amide bonds. The van der Waals surface area contributed by atoms with E-state index in [9.17, 15) is 9.59 Å². The van der Waals surface area contributed by atoms with Gasteiger partial charge < -0.3 is 9.47 Å². The van der Waals surface area contributed by atoms with Gasteiger partial charge >= 0.3 is 5.97 Å². The number of rotatable bonds is 6. The zero-order chi connectivity index (χ0) is 17.4. The van der Waals surface area contributed by atoms with Crippen LogP contribution in [0.15, 0.2) is 24.3 Å². The number of benzene rings is 1. The number of hydrogen-bond donors (Lipinski definition) is 0. The number of carbonyl (C=O) groups excluding carboxylic acids is 2. The number of ketones is 1. The average Bonchev–Trinajstić information content (AvgIpc) is 2.58. The van der Waals surface area contributed by atoms with E-state index in [1.807, 2.05) is 0 Å². The summed E-state index contributed by atoms with van der Waals surface area (Å²) in [5.74, 6) is 2.79. The van der Waals surface area contributed by atoms with E-state index in [0.717, 1.165) is 17.8 Å². The van der Waals surface area contributed by atoms with Crippen LogP contribution in [0.25, 0.3) is 0 Å². The van der Waals surface area contributed by atoms with Crippen LogP contribution < -0.4 is 4.74 Å². The molecule has 25 heavy (non-hydrogen) atoms. The van der Waals surface area contributed by atoms with Crippen molar-refractivity contribution in [2.45, 2.75) is 44.9 Å². The fourth-order valence-electron chi connectivity index (χ4n) is 5.87. The van der Waals surface area contributed by atoms with Crippen molar-refractivity contribution in [1.82, 2.24) is 0 Å². The van der Waals surface area contributed by atoms with Crippen LogP contribution in [0.3, 0.4) is 0 Å². The molecular weight excluding hydrogens is 316 g/mol. The standard InChI is InChI=1S/C21H26O4/c1-24-18-4-2-17(3-5-18)19(22)13-25-20(23)12-21-9-14-6-15(10-21)8-16(7-14)11-21/h2-5,14-16H,6-13H2,1H3. The zero-order valence-electron chi connectivity index (χ0n) is 14.8. The Morgan fingerprint density at radius 2 is 1.56 bits per heavy atom. The number of methoxy groups -OCH3 is 1. The first-order chi connectivity index (χ1) is 12.0. The monoisotopic (exact) mass is 342 g/mol. The molecule has 0 atom stereocenters. The molecule has 134 valence electrons. The predicted molar refractivity (Wildman–Crippen MR) is 93.5 cm³/mol. The Morgan fingerprint density at radius 3 is 2.08 bits per heavy atom. The Bertz CT molecular complexity index is 626. The van der Waals surface area contributed by atoms with Gasteiger partial charge in [0.15, 0.2) is 12.4 Å². The first kappa shape index (κ1) is 16.6. The van der Waals surface area contributed by atoms with Gasteiger partial charge in [-0.25, -0.2) is 0 Å². The Balaban J connectivity index is 1.31. The van der Waals surface area contributed by atoms with Crippen LogP contribution in [-0.2, 0) is 9.53 Å². The third kappa shape index (κ3) is 3.44. The van der Waals surface area contributed by atoms with Crippen LogP contribution in [0.5, 0.6) is 5.75 Å². The first-order valence-electron chi connectivity index (χ1n) is 9.38. The van der Waals surface area contributed by atoms with Gasteiger partial charge in [0, 0.05) is 5.56 Å². The van der Waals surface area contributed by atoms with Gasteiger partial charge in [0.05, 0.1) is 13.5 Å². The van der Waals surface area contributed by atoms with E-state index in [1.165, 1.54) is 38.5 Å². The minimum Gasteiger partial charge on any atom is -0.497 e. The van der Waals surface area contributed by atoms with Gasteiger partial charge in [0.1, 0.15) is 5.75 Å². The normalized spacial score (nSPS) is 32.4. The van der Waals surface area contributed by atoms with Gasteiger partial charge in [-0.3, -0.25) is 9.59 Å². The van der Waals surface area contributed by atoms with E-state index in [1.54, 1.807) is 31.4 Å². The highest BCUT2D eigenvalue weighted by atomic mass is 16.5. The summed E-state index contributed by atoms with van der Waals surface area (Å²) in [5.41, 5.74) is 0.707. The quantitative estimate of drug-likeness (QED) is 0.578. The lowest BCUT2D eigenvalue weighted by molar-refractivity contribution is -0.150. The van der Waals surface area contributed by atoms with Crippen LogP contribution in [-0.4, -0.2) is 25.5 Å². The minimum atomic E-state index is -0.205. The molecule has 4 heteroatoms. The highest BCUT2D eigenvalue weighted by Gasteiger charge is 2.51. The van der Waals surface area contributed by atoms with E-state index >= 15 is 0 Å². The van der Waals surface area contributed by atoms with Gasteiger partial charge in [-0.05, 0) is 86.0 Å². The molecule has 1 aromatic rings. The molecule has 5 rings (SSSR count). The molecule has 0 radical (unpaired) electrons. The summed E-state index contributed by atoms with van der Waals surface area (Å²) in [6.45, 7) is -0.169. The van der Waals surface area contributed by atoms with Crippen molar-refractivity contribution in [3.63, 3.8) is 0 Å². The summed E-state index contributed by atoms with van der Waals surface area (Å²) in [5, 5.41) is 0. The van der Waals surface area contributed by atoms with E-state index in [4.69, 9.17) is 9.47 Å². The van der Waals surface area contributed by atoms with Crippen LogP contribution in [0, 0.1) is 23.2 Å². The van der Waals surface area contributed by atoms with Crippen LogP contribution >= 0.6 is 0 Å². The molecule has 4 saturated carbocycles. The molecule has 4 bridgehead atoms. The van der Waals surface area contributed by atoms with Crippen LogP contribution in [0.1, 0.15) is 55.3 Å². The summed E-state index contributed by atoms with van der Waals surface area (Å²) >= 11 is 0. The number of esters is 1. The maximum Gasteiger partial charge on any atom is 0.306 e. The van der Waals surface area contributed by atoms with Crippen molar-refractivity contribution in [2.75, 3.05) is 13.7 Å². The highest BCUT2D eigenvalue weighted by Crippen LogP contribution is 2.61. The molecule has 0 spiro atoms. The molecule has 0 saturated heterocycles. The maximum absolute atomic E-state index is 12.4. The van der Waals surface area contributed by atoms with Crippen molar-refractivity contribution in [3.8, 4) is 5.75 Å². The summed E-state index contributed by atoms with van der Waals surface area (Å²) in [6.07, 6.45) is 8.13. The zero-order valence-corrected chi connectivity index (χ0v) is 14.8. The van der Waals surface area contributed by atoms with Crippen molar-refractivity contribution < 1.29 is 19.1 Å². The third-order valence-corrected chi connectivity index (χ3v) is 6.46. The molecule has 0 aromatic heterocycles. The van der Waals surface area contributed by atoms with Crippen LogP contribution in [0.2, 0.25) is 0 Å². The van der Waals surface area contributed by atoms with Crippen molar-refractivity contribution in [2.24, 2.45) is 23.2 Å². The van der Waals surface area contributed by atoms with Gasteiger partial charge in [-0.1, -0.05) is 0 Å². The second kappa shape index (κ2) is 6.47. The Kier molecular flexibility index (Phi) is 4.30. The SMILES string of the molecule is COc1ccc(C(=O)COC(=O)CC23CC4CC(CC(C4)C2)C3)cc1. The van der Waals surface area contributed by atoms with Crippen molar-refractivity contribution >= 4 is 11.8 Å². The first-order valence-corrected chi connectivity index (χ1v) is 9.38. The molecule has 0 heterocycles. The molecule has 0 unspecified atom stereocenters. The number of ether oxygens (including phenoxy) is 2. The smallest absolute Gasteiger partial charge is 0.306 e. The molecule has 4 aliphatic carbocycles.